The molecular weight excluding hydrogens is 176 g/mol. The van der Waals surface area contributed by atoms with Crippen LogP contribution in [0.1, 0.15) is 20.8 Å². The minimum absolute atomic E-state index is 0.0614. The van der Waals surface area contributed by atoms with E-state index in [1.807, 2.05) is 0 Å². The van der Waals surface area contributed by atoms with Crippen LogP contribution < -0.4 is 0 Å². The number of hydrogen-bond acceptors (Lipinski definition) is 5. The Bertz CT molecular complexity index is 229. The molecule has 74 valence electrons. The molecule has 5 nitrogen and oxygen atoms in total. The molecule has 1 aliphatic heterocycles. The summed E-state index contributed by atoms with van der Waals surface area (Å²) in [5, 5.41) is 0. The number of hydrogen-bond donors (Lipinski definition) is 0. The molecule has 0 aromatic rings. The topological polar surface area (TPSA) is 61.8 Å². The highest BCUT2D eigenvalue weighted by Gasteiger charge is 2.54. The first kappa shape index (κ1) is 9.83. The fourth-order valence-corrected chi connectivity index (χ4v) is 1.03. The minimum atomic E-state index is -1.29. The van der Waals surface area contributed by atoms with E-state index in [-0.39, 0.29) is 13.1 Å². The van der Waals surface area contributed by atoms with E-state index in [0.717, 1.165) is 0 Å². The van der Waals surface area contributed by atoms with E-state index in [9.17, 15) is 9.59 Å². The zero-order valence-corrected chi connectivity index (χ0v) is 7.83. The van der Waals surface area contributed by atoms with Crippen molar-refractivity contribution in [2.24, 2.45) is 5.41 Å². The summed E-state index contributed by atoms with van der Waals surface area (Å²) in [5.41, 5.74) is -0.514. The fourth-order valence-electron chi connectivity index (χ4n) is 1.03. The highest BCUT2D eigenvalue weighted by Crippen LogP contribution is 2.38. The van der Waals surface area contributed by atoms with Crippen molar-refractivity contribution in [3.8, 4) is 0 Å². The van der Waals surface area contributed by atoms with E-state index in [0.29, 0.717) is 0 Å². The molecule has 13 heavy (non-hydrogen) atoms. The lowest BCUT2D eigenvalue weighted by atomic mass is 9.86. The molecule has 0 bridgehead atoms. The monoisotopic (exact) mass is 188 g/mol. The molecule has 1 fully saturated rings. The van der Waals surface area contributed by atoms with Crippen LogP contribution in [-0.4, -0.2) is 25.0 Å². The van der Waals surface area contributed by atoms with Crippen molar-refractivity contribution < 1.29 is 23.8 Å². The molecule has 0 aromatic heterocycles. The molecule has 1 rings (SSSR count). The zero-order valence-electron chi connectivity index (χ0n) is 7.83. The van der Waals surface area contributed by atoms with Gasteiger partial charge in [0, 0.05) is 5.41 Å². The number of cyclic esters (lactones) is 2. The maximum atomic E-state index is 10.7. The Morgan fingerprint density at radius 3 is 2.46 bits per heavy atom. The van der Waals surface area contributed by atoms with Crippen LogP contribution in [-0.2, 0) is 19.0 Å². The smallest absolute Gasteiger partial charge is 0.426 e. The highest BCUT2D eigenvalue weighted by atomic mass is 16.9. The lowest BCUT2D eigenvalue weighted by molar-refractivity contribution is -0.222. The number of carbonyl (C=O) groups excluding carboxylic acids is 2. The second-order valence-electron chi connectivity index (χ2n) is 3.86. The molecule has 0 saturated carbocycles. The van der Waals surface area contributed by atoms with E-state index in [4.69, 9.17) is 9.47 Å². The van der Waals surface area contributed by atoms with Crippen LogP contribution in [0.15, 0.2) is 0 Å². The van der Waals surface area contributed by atoms with Gasteiger partial charge in [0.1, 0.15) is 0 Å². The molecule has 0 aliphatic carbocycles. The Hall–Kier alpha value is -1.26. The van der Waals surface area contributed by atoms with Crippen LogP contribution in [0, 0.1) is 5.41 Å². The Morgan fingerprint density at radius 1 is 1.54 bits per heavy atom. The summed E-state index contributed by atoms with van der Waals surface area (Å²) in [6, 6.07) is 0. The van der Waals surface area contributed by atoms with Crippen LogP contribution in [0.2, 0.25) is 0 Å². The van der Waals surface area contributed by atoms with Crippen LogP contribution >= 0.6 is 0 Å². The summed E-state index contributed by atoms with van der Waals surface area (Å²) in [7, 11) is 0. The van der Waals surface area contributed by atoms with Crippen molar-refractivity contribution in [1.29, 1.82) is 0 Å². The normalized spacial score (nSPS) is 27.8. The molecule has 0 spiro atoms. The first-order chi connectivity index (χ1) is 5.91. The standard InChI is InChI=1S/C8H12O5/c1-7(2,3)8(12-5-9)4-11-6(10)13-8/h5H,4H2,1-3H3. The van der Waals surface area contributed by atoms with Crippen LogP contribution in [0.25, 0.3) is 0 Å². The highest BCUT2D eigenvalue weighted by molar-refractivity contribution is 5.63. The Morgan fingerprint density at radius 2 is 2.15 bits per heavy atom. The third-order valence-corrected chi connectivity index (χ3v) is 2.01. The van der Waals surface area contributed by atoms with Gasteiger partial charge >= 0.3 is 6.16 Å². The van der Waals surface area contributed by atoms with Crippen molar-refractivity contribution in [1.82, 2.24) is 0 Å². The predicted octanol–water partition coefficient (Wildman–Crippen LogP) is 1.07. The second kappa shape index (κ2) is 2.90. The van der Waals surface area contributed by atoms with Gasteiger partial charge in [0.05, 0.1) is 0 Å². The molecule has 1 atom stereocenters. The number of ether oxygens (including phenoxy) is 3. The van der Waals surface area contributed by atoms with Gasteiger partial charge in [-0.05, 0) is 0 Å². The van der Waals surface area contributed by atoms with E-state index in [1.54, 1.807) is 20.8 Å². The molecule has 1 heterocycles. The summed E-state index contributed by atoms with van der Waals surface area (Å²) in [6.07, 6.45) is -0.809. The average molecular weight is 188 g/mol. The summed E-state index contributed by atoms with van der Waals surface area (Å²) in [5.74, 6) is -1.29. The summed E-state index contributed by atoms with van der Waals surface area (Å²) in [6.45, 7) is 5.57. The summed E-state index contributed by atoms with van der Waals surface area (Å²) in [4.78, 5) is 21.0. The molecule has 5 heteroatoms. The maximum absolute atomic E-state index is 10.7. The zero-order chi connectivity index (χ0) is 10.1. The molecule has 1 aliphatic rings. The maximum Gasteiger partial charge on any atom is 0.512 e. The van der Waals surface area contributed by atoms with Crippen LogP contribution in [0.4, 0.5) is 4.79 Å². The van der Waals surface area contributed by atoms with E-state index in [1.165, 1.54) is 0 Å². The first-order valence-electron chi connectivity index (χ1n) is 3.88. The van der Waals surface area contributed by atoms with Crippen molar-refractivity contribution in [2.75, 3.05) is 6.61 Å². The number of carbonyl (C=O) groups is 2. The van der Waals surface area contributed by atoms with Gasteiger partial charge in [-0.25, -0.2) is 4.79 Å². The molecule has 0 aromatic carbocycles. The van der Waals surface area contributed by atoms with Crippen molar-refractivity contribution >= 4 is 12.6 Å². The van der Waals surface area contributed by atoms with Gasteiger partial charge in [-0.3, -0.25) is 4.79 Å². The van der Waals surface area contributed by atoms with Crippen molar-refractivity contribution in [3.05, 3.63) is 0 Å². The van der Waals surface area contributed by atoms with E-state index < -0.39 is 17.4 Å². The SMILES string of the molecule is CC(C)(C)C1(OC=O)COC(=O)O1. The van der Waals surface area contributed by atoms with Gasteiger partial charge in [0.2, 0.25) is 0 Å². The third kappa shape index (κ3) is 1.59. The molecule has 1 saturated heterocycles. The summed E-state index contributed by atoms with van der Waals surface area (Å²) >= 11 is 0. The van der Waals surface area contributed by atoms with Gasteiger partial charge in [-0.1, -0.05) is 20.8 Å². The van der Waals surface area contributed by atoms with Gasteiger partial charge in [0.15, 0.2) is 6.61 Å². The molecule has 0 radical (unpaired) electrons. The second-order valence-corrected chi connectivity index (χ2v) is 3.86. The van der Waals surface area contributed by atoms with Gasteiger partial charge in [-0.2, -0.15) is 0 Å². The van der Waals surface area contributed by atoms with Crippen molar-refractivity contribution in [3.63, 3.8) is 0 Å². The minimum Gasteiger partial charge on any atom is -0.426 e. The third-order valence-electron chi connectivity index (χ3n) is 2.01. The Labute approximate surface area is 76.0 Å². The molecule has 0 N–H and O–H groups in total. The Balaban J connectivity index is 2.89. The number of rotatable bonds is 2. The lowest BCUT2D eigenvalue weighted by Crippen LogP contribution is -2.47. The van der Waals surface area contributed by atoms with Gasteiger partial charge in [0.25, 0.3) is 12.3 Å². The Kier molecular flexibility index (Phi) is 2.19. The van der Waals surface area contributed by atoms with Gasteiger partial charge < -0.3 is 14.2 Å². The fraction of sp³-hybridized carbons (Fsp3) is 0.750. The van der Waals surface area contributed by atoms with E-state index in [2.05, 4.69) is 4.74 Å². The average Bonchev–Trinajstić information content (AvgIpc) is 2.32. The first-order valence-corrected chi connectivity index (χ1v) is 3.88. The van der Waals surface area contributed by atoms with Crippen LogP contribution in [0.5, 0.6) is 0 Å². The largest absolute Gasteiger partial charge is 0.512 e. The molecule has 0 amide bonds. The molecular formula is C8H12O5. The summed E-state index contributed by atoms with van der Waals surface area (Å²) < 4.78 is 14.2. The quantitative estimate of drug-likeness (QED) is 0.479. The predicted molar refractivity (Wildman–Crippen MR) is 41.8 cm³/mol. The lowest BCUT2D eigenvalue weighted by Gasteiger charge is -2.34. The van der Waals surface area contributed by atoms with E-state index >= 15 is 0 Å². The van der Waals surface area contributed by atoms with Crippen molar-refractivity contribution in [2.45, 2.75) is 26.6 Å². The van der Waals surface area contributed by atoms with Crippen LogP contribution in [0.3, 0.4) is 0 Å². The van der Waals surface area contributed by atoms with Gasteiger partial charge in [-0.15, -0.1) is 0 Å². The molecule has 1 unspecified atom stereocenters.